The number of hydrogen-bond acceptors (Lipinski definition) is 5. The molecule has 22 heavy (non-hydrogen) atoms. The summed E-state index contributed by atoms with van der Waals surface area (Å²) in [6.07, 6.45) is -5.36. The van der Waals surface area contributed by atoms with Crippen LogP contribution in [0.5, 0.6) is 5.75 Å². The van der Waals surface area contributed by atoms with Gasteiger partial charge in [-0.05, 0) is 31.2 Å². The summed E-state index contributed by atoms with van der Waals surface area (Å²) in [6.45, 7) is 0.695. The second-order valence-electron chi connectivity index (χ2n) is 4.10. The van der Waals surface area contributed by atoms with Gasteiger partial charge in [0.1, 0.15) is 11.8 Å². The Kier molecular flexibility index (Phi) is 5.38. The van der Waals surface area contributed by atoms with E-state index in [4.69, 9.17) is 9.94 Å². The highest BCUT2D eigenvalue weighted by atomic mass is 32.2. The first-order valence-electron chi connectivity index (χ1n) is 5.75. The zero-order valence-electron chi connectivity index (χ0n) is 11.5. The molecule has 1 atom stereocenters. The van der Waals surface area contributed by atoms with Crippen LogP contribution >= 0.6 is 0 Å². The van der Waals surface area contributed by atoms with Gasteiger partial charge in [-0.15, -0.1) is 0 Å². The minimum atomic E-state index is -5.36. The molecule has 1 unspecified atom stereocenters. The number of rotatable bonds is 5. The number of hydrogen-bond donors (Lipinski definition) is 2. The van der Waals surface area contributed by atoms with E-state index in [2.05, 4.69) is 0 Å². The quantitative estimate of drug-likeness (QED) is 0.475. The van der Waals surface area contributed by atoms with Crippen LogP contribution in [0, 0.1) is 0 Å². The molecule has 1 aromatic carbocycles. The van der Waals surface area contributed by atoms with Gasteiger partial charge in [0.2, 0.25) is 0 Å². The zero-order valence-corrected chi connectivity index (χ0v) is 12.3. The Morgan fingerprint density at radius 2 is 1.82 bits per heavy atom. The van der Waals surface area contributed by atoms with E-state index < -0.39 is 37.5 Å². The lowest BCUT2D eigenvalue weighted by Crippen LogP contribution is -2.53. The molecule has 0 spiro atoms. The molecule has 7 nitrogen and oxygen atoms in total. The van der Waals surface area contributed by atoms with Gasteiger partial charge in [0, 0.05) is 0 Å². The number of ether oxygens (including phenoxy) is 1. The van der Waals surface area contributed by atoms with Crippen molar-refractivity contribution in [1.29, 1.82) is 0 Å². The van der Waals surface area contributed by atoms with E-state index in [9.17, 15) is 26.4 Å². The first-order valence-corrected chi connectivity index (χ1v) is 7.19. The number of amides is 1. The Bertz CT molecular complexity index is 630. The van der Waals surface area contributed by atoms with E-state index in [1.807, 2.05) is 0 Å². The number of carbonyl (C=O) groups excluding carboxylic acids is 1. The van der Waals surface area contributed by atoms with Crippen molar-refractivity contribution in [2.45, 2.75) is 24.2 Å². The number of methoxy groups -OCH3 is 1. The van der Waals surface area contributed by atoms with E-state index >= 15 is 0 Å². The molecule has 1 rings (SSSR count). The van der Waals surface area contributed by atoms with E-state index in [1.165, 1.54) is 7.11 Å². The van der Waals surface area contributed by atoms with Crippen molar-refractivity contribution < 1.29 is 36.3 Å². The number of carbonyl (C=O) groups is 1. The predicted molar refractivity (Wildman–Crippen MR) is 67.5 cm³/mol. The molecule has 0 saturated carbocycles. The van der Waals surface area contributed by atoms with E-state index in [1.54, 1.807) is 0 Å². The van der Waals surface area contributed by atoms with Crippen molar-refractivity contribution in [3.05, 3.63) is 24.3 Å². The normalized spacial score (nSPS) is 13.8. The SMILES string of the molecule is COc1ccc(S(=O)(=O)N(C(C)C(=O)NO)C(F)(F)F)cc1. The molecule has 0 aliphatic carbocycles. The highest BCUT2D eigenvalue weighted by molar-refractivity contribution is 7.89. The molecule has 0 aliphatic heterocycles. The smallest absolute Gasteiger partial charge is 0.474 e. The summed E-state index contributed by atoms with van der Waals surface area (Å²) < 4.78 is 67.3. The molecule has 0 radical (unpaired) electrons. The largest absolute Gasteiger partial charge is 0.497 e. The molecule has 0 bridgehead atoms. The fourth-order valence-electron chi connectivity index (χ4n) is 1.63. The number of sulfonamides is 1. The number of nitrogens with one attached hydrogen (secondary N) is 1. The van der Waals surface area contributed by atoms with Crippen molar-refractivity contribution in [1.82, 2.24) is 9.79 Å². The molecular formula is C11H13F3N2O5S. The Balaban J connectivity index is 3.36. The zero-order chi connectivity index (χ0) is 17.1. The van der Waals surface area contributed by atoms with Gasteiger partial charge in [0.15, 0.2) is 0 Å². The molecule has 0 aromatic heterocycles. The number of alkyl halides is 3. The summed E-state index contributed by atoms with van der Waals surface area (Å²) in [4.78, 5) is 10.5. The summed E-state index contributed by atoms with van der Waals surface area (Å²) >= 11 is 0. The van der Waals surface area contributed by atoms with Gasteiger partial charge in [0.25, 0.3) is 15.9 Å². The van der Waals surface area contributed by atoms with Crippen LogP contribution < -0.4 is 10.2 Å². The second-order valence-corrected chi connectivity index (χ2v) is 5.91. The fraction of sp³-hybridized carbons (Fsp3) is 0.364. The molecule has 0 aliphatic rings. The third kappa shape index (κ3) is 3.67. The van der Waals surface area contributed by atoms with Gasteiger partial charge in [-0.25, -0.2) is 13.9 Å². The van der Waals surface area contributed by atoms with Crippen molar-refractivity contribution in [3.63, 3.8) is 0 Å². The maximum atomic E-state index is 13.1. The molecule has 11 heteroatoms. The second kappa shape index (κ2) is 6.50. The molecule has 0 saturated heterocycles. The van der Waals surface area contributed by atoms with Crippen molar-refractivity contribution in [2.75, 3.05) is 7.11 Å². The van der Waals surface area contributed by atoms with Gasteiger partial charge < -0.3 is 4.74 Å². The van der Waals surface area contributed by atoms with E-state index in [-0.39, 0.29) is 5.75 Å². The number of benzene rings is 1. The number of halogens is 3. The van der Waals surface area contributed by atoms with Crippen LogP contribution in [0.2, 0.25) is 0 Å². The summed E-state index contributed by atoms with van der Waals surface area (Å²) in [5, 5.41) is 8.42. The lowest BCUT2D eigenvalue weighted by molar-refractivity contribution is -0.220. The lowest BCUT2D eigenvalue weighted by Gasteiger charge is -2.28. The monoisotopic (exact) mass is 342 g/mol. The average Bonchev–Trinajstić information content (AvgIpc) is 2.44. The van der Waals surface area contributed by atoms with Crippen molar-refractivity contribution >= 4 is 15.9 Å². The van der Waals surface area contributed by atoms with Crippen molar-refractivity contribution in [3.8, 4) is 5.75 Å². The summed E-state index contributed by atoms with van der Waals surface area (Å²) in [7, 11) is -3.75. The van der Waals surface area contributed by atoms with E-state index in [0.717, 1.165) is 29.7 Å². The molecule has 124 valence electrons. The molecule has 2 N–H and O–H groups in total. The highest BCUT2D eigenvalue weighted by Crippen LogP contribution is 2.31. The Morgan fingerprint density at radius 1 is 1.32 bits per heavy atom. The Morgan fingerprint density at radius 3 is 2.18 bits per heavy atom. The molecule has 0 fully saturated rings. The first-order chi connectivity index (χ1) is 10.1. The molecule has 1 aromatic rings. The highest BCUT2D eigenvalue weighted by Gasteiger charge is 2.51. The molecule has 0 heterocycles. The van der Waals surface area contributed by atoms with Gasteiger partial charge in [-0.1, -0.05) is 4.31 Å². The van der Waals surface area contributed by atoms with Gasteiger partial charge in [-0.2, -0.15) is 13.2 Å². The molecule has 1 amide bonds. The predicted octanol–water partition coefficient (Wildman–Crippen LogP) is 1.10. The third-order valence-corrected chi connectivity index (χ3v) is 4.62. The maximum absolute atomic E-state index is 13.1. The van der Waals surface area contributed by atoms with E-state index in [0.29, 0.717) is 6.92 Å². The van der Waals surface area contributed by atoms with Crippen LogP contribution in [0.15, 0.2) is 29.2 Å². The topological polar surface area (TPSA) is 95.9 Å². The maximum Gasteiger partial charge on any atom is 0.474 e. The Hall–Kier alpha value is -1.85. The summed E-state index contributed by atoms with van der Waals surface area (Å²) in [5.41, 5.74) is 0.994. The Labute approximate surface area is 124 Å². The van der Waals surface area contributed by atoms with Crippen LogP contribution in [0.4, 0.5) is 13.2 Å². The van der Waals surface area contributed by atoms with Crippen LogP contribution in [0.1, 0.15) is 6.92 Å². The van der Waals surface area contributed by atoms with Crippen LogP contribution in [-0.4, -0.2) is 43.3 Å². The minimum Gasteiger partial charge on any atom is -0.497 e. The van der Waals surface area contributed by atoms with Crippen molar-refractivity contribution in [2.24, 2.45) is 0 Å². The standard InChI is InChI=1S/C11H13F3N2O5S/c1-7(10(17)15-18)16(11(12,13)14)22(19,20)9-5-3-8(21-2)4-6-9/h3-7,18H,1-2H3,(H,15,17). The molecular weight excluding hydrogens is 329 g/mol. The van der Waals surface area contributed by atoms with Gasteiger partial charge >= 0.3 is 6.30 Å². The lowest BCUT2D eigenvalue weighted by atomic mass is 10.3. The third-order valence-electron chi connectivity index (χ3n) is 2.71. The van der Waals surface area contributed by atoms with Crippen LogP contribution in [0.3, 0.4) is 0 Å². The van der Waals surface area contributed by atoms with Gasteiger partial charge in [0.05, 0.1) is 12.0 Å². The number of hydroxylamine groups is 1. The van der Waals surface area contributed by atoms with Crippen LogP contribution in [0.25, 0.3) is 0 Å². The first kappa shape index (κ1) is 18.2. The minimum absolute atomic E-state index is 0.249. The van der Waals surface area contributed by atoms with Gasteiger partial charge in [-0.3, -0.25) is 10.0 Å². The number of nitrogens with zero attached hydrogens (tertiary/aromatic N) is 1. The summed E-state index contributed by atoms with van der Waals surface area (Å²) in [6, 6.07) is 1.96. The summed E-state index contributed by atoms with van der Waals surface area (Å²) in [5.74, 6) is -1.27. The average molecular weight is 342 g/mol. The van der Waals surface area contributed by atoms with Crippen LogP contribution in [-0.2, 0) is 14.8 Å². The fourth-order valence-corrected chi connectivity index (χ4v) is 3.12.